The summed E-state index contributed by atoms with van der Waals surface area (Å²) in [7, 11) is 3.63. The fourth-order valence-corrected chi connectivity index (χ4v) is 18.6. The van der Waals surface area contributed by atoms with Crippen molar-refractivity contribution in [1.82, 2.24) is 7.42 Å². The summed E-state index contributed by atoms with van der Waals surface area (Å²) in [5.41, 5.74) is 2.28. The molecule has 0 aromatic carbocycles. The van der Waals surface area contributed by atoms with Gasteiger partial charge in [-0.3, -0.25) is 0 Å². The zero-order valence-corrected chi connectivity index (χ0v) is 19.0. The third-order valence-electron chi connectivity index (χ3n) is 1.37. The van der Waals surface area contributed by atoms with Crippen LogP contribution in [0.2, 0.25) is 5.71 Å². The van der Waals surface area contributed by atoms with E-state index in [-0.39, 0.29) is 0 Å². The molecule has 0 aromatic rings. The van der Waals surface area contributed by atoms with Crippen LogP contribution in [0.5, 0.6) is 0 Å². The Morgan fingerprint density at radius 3 is 1.28 bits per heavy atom. The SMILES string of the molecule is CSN(SC)C(=S)S[As](C)SC(=S)N(SC)SC. The van der Waals surface area contributed by atoms with Gasteiger partial charge < -0.3 is 0 Å². The van der Waals surface area contributed by atoms with E-state index >= 15 is 0 Å². The van der Waals surface area contributed by atoms with Crippen molar-refractivity contribution in [3.63, 3.8) is 0 Å². The van der Waals surface area contributed by atoms with Gasteiger partial charge in [-0.05, 0) is 0 Å². The molecule has 0 saturated carbocycles. The maximum atomic E-state index is 5.43. The van der Waals surface area contributed by atoms with Gasteiger partial charge in [-0.2, -0.15) is 0 Å². The second-order valence-corrected chi connectivity index (χ2v) is 19.2. The molecule has 0 aromatic heterocycles. The van der Waals surface area contributed by atoms with E-state index in [2.05, 4.69) is 13.1 Å². The molecule has 0 bridgehead atoms. The molecule has 0 fully saturated rings. The van der Waals surface area contributed by atoms with Crippen molar-refractivity contribution in [2.75, 3.05) is 25.0 Å². The number of nitrogens with zero attached hydrogens (tertiary/aromatic N) is 2. The predicted molar refractivity (Wildman–Crippen MR) is 110 cm³/mol. The number of thiocarbonyl (C=S) groups is 2. The van der Waals surface area contributed by atoms with Gasteiger partial charge >= 0.3 is 151 Å². The molecule has 0 aliphatic heterocycles. The zero-order chi connectivity index (χ0) is 14.1. The van der Waals surface area contributed by atoms with E-state index in [4.69, 9.17) is 24.4 Å². The Hall–Kier alpha value is 2.44. The molecular formula is C7H15AsN2S8. The van der Waals surface area contributed by atoms with E-state index < -0.39 is 12.3 Å². The van der Waals surface area contributed by atoms with Crippen molar-refractivity contribution in [1.29, 1.82) is 0 Å². The standard InChI is InChI=1S/C7H15AsN2S8/c1-8(17-6(11)9(13-2)14-3)18-7(12)10(15-4)16-5/h1-5H3. The average molecular weight is 459 g/mol. The minimum absolute atomic E-state index is 0.952. The van der Waals surface area contributed by atoms with Crippen molar-refractivity contribution in [2.24, 2.45) is 0 Å². The molecule has 0 aliphatic rings. The van der Waals surface area contributed by atoms with Crippen LogP contribution in [0, 0.1) is 0 Å². The number of hydrogen-bond acceptors (Lipinski definition) is 8. The van der Waals surface area contributed by atoms with E-state index in [9.17, 15) is 0 Å². The molecule has 0 radical (unpaired) electrons. The Balaban J connectivity index is 4.22. The fraction of sp³-hybridized carbons (Fsp3) is 0.714. The number of hydrogen-bond donors (Lipinski definition) is 0. The van der Waals surface area contributed by atoms with Gasteiger partial charge in [-0.15, -0.1) is 0 Å². The Labute approximate surface area is 149 Å². The van der Waals surface area contributed by atoms with Gasteiger partial charge in [-0.25, -0.2) is 0 Å². The van der Waals surface area contributed by atoms with Gasteiger partial charge in [0.25, 0.3) is 0 Å². The fourth-order valence-electron chi connectivity index (χ4n) is 0.752. The molecule has 0 saturated heterocycles. The van der Waals surface area contributed by atoms with Crippen LogP contribution >= 0.6 is 92.3 Å². The number of rotatable bonds is 6. The summed E-state index contributed by atoms with van der Waals surface area (Å²) in [5.74, 6) is 0. The van der Waals surface area contributed by atoms with Crippen molar-refractivity contribution in [3.8, 4) is 0 Å². The van der Waals surface area contributed by atoms with Gasteiger partial charge in [0.2, 0.25) is 0 Å². The third kappa shape index (κ3) is 8.02. The first-order valence-electron chi connectivity index (χ1n) is 4.44. The molecule has 0 spiro atoms. The van der Waals surface area contributed by atoms with E-state index in [1.54, 1.807) is 47.8 Å². The molecule has 0 N–H and O–H groups in total. The third-order valence-corrected chi connectivity index (χ3v) is 17.6. The zero-order valence-electron chi connectivity index (χ0n) is 10.6. The van der Waals surface area contributed by atoms with Crippen molar-refractivity contribution >= 4 is 113 Å². The van der Waals surface area contributed by atoms with Gasteiger partial charge in [0.05, 0.1) is 0 Å². The van der Waals surface area contributed by atoms with E-state index in [1.807, 2.05) is 45.1 Å². The van der Waals surface area contributed by atoms with E-state index in [0.717, 1.165) is 8.64 Å². The predicted octanol–water partition coefficient (Wildman–Crippen LogP) is 4.86. The molecule has 0 unspecified atom stereocenters. The van der Waals surface area contributed by atoms with Crippen LogP contribution in [0.15, 0.2) is 0 Å². The molecule has 11 heteroatoms. The van der Waals surface area contributed by atoms with Crippen LogP contribution in [0.3, 0.4) is 0 Å². The summed E-state index contributed by atoms with van der Waals surface area (Å²) in [6.07, 6.45) is 8.16. The minimum atomic E-state index is -1.14. The summed E-state index contributed by atoms with van der Waals surface area (Å²) in [6, 6.07) is 0. The van der Waals surface area contributed by atoms with Gasteiger partial charge in [0.1, 0.15) is 0 Å². The van der Waals surface area contributed by atoms with Gasteiger partial charge in [0.15, 0.2) is 0 Å². The van der Waals surface area contributed by atoms with E-state index in [1.165, 1.54) is 0 Å². The Morgan fingerprint density at radius 2 is 1.06 bits per heavy atom. The molecule has 0 atom stereocenters. The molecule has 0 amide bonds. The summed E-state index contributed by atoms with van der Waals surface area (Å²) in [4.78, 5) is 0. The molecule has 106 valence electrons. The Morgan fingerprint density at radius 1 is 0.778 bits per heavy atom. The molecule has 0 aliphatic carbocycles. The summed E-state index contributed by atoms with van der Waals surface area (Å²) >= 11 is 16.3. The summed E-state index contributed by atoms with van der Waals surface area (Å²) in [5, 5.41) is 0. The first-order valence-corrected chi connectivity index (χ1v) is 18.0. The van der Waals surface area contributed by atoms with Crippen LogP contribution in [-0.4, -0.2) is 53.4 Å². The second-order valence-electron chi connectivity index (χ2n) is 2.40. The monoisotopic (exact) mass is 458 g/mol. The van der Waals surface area contributed by atoms with Crippen molar-refractivity contribution in [3.05, 3.63) is 0 Å². The molecule has 18 heavy (non-hydrogen) atoms. The molecule has 2 nitrogen and oxygen atoms in total. The molecule has 0 heterocycles. The van der Waals surface area contributed by atoms with E-state index in [0.29, 0.717) is 0 Å². The van der Waals surface area contributed by atoms with Crippen LogP contribution in [0.25, 0.3) is 0 Å². The average Bonchev–Trinajstić information content (AvgIpc) is 2.31. The first kappa shape index (κ1) is 20.4. The van der Waals surface area contributed by atoms with Crippen LogP contribution in [0.1, 0.15) is 0 Å². The normalized spacial score (nSPS) is 10.6. The second kappa shape index (κ2) is 12.0. The Kier molecular flexibility index (Phi) is 13.7. The van der Waals surface area contributed by atoms with Crippen LogP contribution in [0.4, 0.5) is 0 Å². The van der Waals surface area contributed by atoms with Gasteiger partial charge in [-0.1, -0.05) is 0 Å². The molecular weight excluding hydrogens is 444 g/mol. The summed E-state index contributed by atoms with van der Waals surface area (Å²) < 4.78 is 6.03. The quantitative estimate of drug-likeness (QED) is 0.308. The topological polar surface area (TPSA) is 6.48 Å². The maximum absolute atomic E-state index is 5.43. The van der Waals surface area contributed by atoms with Crippen LogP contribution < -0.4 is 0 Å². The summed E-state index contributed by atoms with van der Waals surface area (Å²) in [6.45, 7) is 0. The molecule has 0 rings (SSSR count). The van der Waals surface area contributed by atoms with Gasteiger partial charge in [0, 0.05) is 0 Å². The Bertz CT molecular complexity index is 244. The van der Waals surface area contributed by atoms with Crippen LogP contribution in [-0.2, 0) is 0 Å². The first-order chi connectivity index (χ1) is 8.49. The van der Waals surface area contributed by atoms with Crippen molar-refractivity contribution in [2.45, 2.75) is 5.71 Å². The van der Waals surface area contributed by atoms with Crippen molar-refractivity contribution < 1.29 is 0 Å².